The number of esters is 1. The summed E-state index contributed by atoms with van der Waals surface area (Å²) in [5.74, 6) is -0.516. The molecule has 156 valence electrons. The molecule has 0 unspecified atom stereocenters. The first-order valence-corrected chi connectivity index (χ1v) is 10.7. The lowest BCUT2D eigenvalue weighted by Gasteiger charge is -2.17. The van der Waals surface area contributed by atoms with Crippen LogP contribution in [0.4, 0.5) is 4.79 Å². The van der Waals surface area contributed by atoms with E-state index in [1.807, 2.05) is 30.3 Å². The molecule has 0 aliphatic carbocycles. The Bertz CT molecular complexity index is 929. The zero-order chi connectivity index (χ0) is 21.3. The summed E-state index contributed by atoms with van der Waals surface area (Å²) in [6, 6.07) is 14.3. The number of nitrogens with one attached hydrogen (secondary N) is 1. The molecule has 0 saturated carbocycles. The fourth-order valence-electron chi connectivity index (χ4n) is 2.48. The lowest BCUT2D eigenvalue weighted by molar-refractivity contribution is -0.145. The van der Waals surface area contributed by atoms with Crippen LogP contribution in [0.2, 0.25) is 0 Å². The third-order valence-electron chi connectivity index (χ3n) is 3.66. The van der Waals surface area contributed by atoms with E-state index in [1.54, 1.807) is 19.1 Å². The SMILES string of the molecule is CCOC(=O)[C@H](Cc1cccc(OS(C)(=O)=O)c1)NC(=O)OCc1ccccc1. The first kappa shape index (κ1) is 22.2. The second kappa shape index (κ2) is 10.5. The number of benzene rings is 2. The zero-order valence-corrected chi connectivity index (χ0v) is 17.0. The molecule has 9 heteroatoms. The standard InChI is InChI=1S/C20H23NO7S/c1-3-26-19(22)18(21-20(23)27-14-15-8-5-4-6-9-15)13-16-10-7-11-17(12-16)28-29(2,24)25/h4-12,18H,3,13-14H2,1-2H3,(H,21,23)/t18-/m0/s1. The molecular weight excluding hydrogens is 398 g/mol. The number of amides is 1. The topological polar surface area (TPSA) is 108 Å². The Labute approximate surface area is 169 Å². The summed E-state index contributed by atoms with van der Waals surface area (Å²) in [5, 5.41) is 2.49. The molecule has 0 aliphatic heterocycles. The first-order chi connectivity index (χ1) is 13.8. The summed E-state index contributed by atoms with van der Waals surface area (Å²) < 4.78 is 37.6. The Balaban J connectivity index is 2.05. The normalized spacial score (nSPS) is 11.9. The second-order valence-electron chi connectivity index (χ2n) is 6.15. The summed E-state index contributed by atoms with van der Waals surface area (Å²) in [6.45, 7) is 1.86. The van der Waals surface area contributed by atoms with Gasteiger partial charge in [-0.15, -0.1) is 0 Å². The molecule has 1 atom stereocenters. The van der Waals surface area contributed by atoms with Crippen molar-refractivity contribution in [2.75, 3.05) is 12.9 Å². The van der Waals surface area contributed by atoms with E-state index in [-0.39, 0.29) is 25.4 Å². The van der Waals surface area contributed by atoms with Crippen LogP contribution in [0.25, 0.3) is 0 Å². The van der Waals surface area contributed by atoms with Crippen molar-refractivity contribution in [1.82, 2.24) is 5.32 Å². The Kier molecular flexibility index (Phi) is 8.02. The van der Waals surface area contributed by atoms with Gasteiger partial charge in [0.1, 0.15) is 18.4 Å². The average Bonchev–Trinajstić information content (AvgIpc) is 2.66. The van der Waals surface area contributed by atoms with Gasteiger partial charge in [0, 0.05) is 6.42 Å². The summed E-state index contributed by atoms with van der Waals surface area (Å²) in [4.78, 5) is 24.4. The van der Waals surface area contributed by atoms with Crippen molar-refractivity contribution in [3.63, 3.8) is 0 Å². The number of hydrogen-bond donors (Lipinski definition) is 1. The molecule has 29 heavy (non-hydrogen) atoms. The van der Waals surface area contributed by atoms with Gasteiger partial charge in [-0.3, -0.25) is 0 Å². The maximum absolute atomic E-state index is 12.3. The first-order valence-electron chi connectivity index (χ1n) is 8.89. The molecule has 0 aliphatic rings. The number of carbonyl (C=O) groups excluding carboxylic acids is 2. The monoisotopic (exact) mass is 421 g/mol. The zero-order valence-electron chi connectivity index (χ0n) is 16.2. The van der Waals surface area contributed by atoms with Crippen LogP contribution in [-0.4, -0.2) is 39.4 Å². The molecular formula is C20H23NO7S. The van der Waals surface area contributed by atoms with Crippen LogP contribution >= 0.6 is 0 Å². The van der Waals surface area contributed by atoms with Crippen molar-refractivity contribution in [2.24, 2.45) is 0 Å². The van der Waals surface area contributed by atoms with Crippen molar-refractivity contribution in [2.45, 2.75) is 26.0 Å². The van der Waals surface area contributed by atoms with Crippen molar-refractivity contribution in [3.8, 4) is 5.75 Å². The molecule has 0 fully saturated rings. The Morgan fingerprint density at radius 2 is 1.69 bits per heavy atom. The van der Waals surface area contributed by atoms with Crippen LogP contribution in [0.3, 0.4) is 0 Å². The minimum atomic E-state index is -3.68. The summed E-state index contributed by atoms with van der Waals surface area (Å²) >= 11 is 0. The van der Waals surface area contributed by atoms with Crippen molar-refractivity contribution < 1.29 is 31.7 Å². The largest absolute Gasteiger partial charge is 0.464 e. The van der Waals surface area contributed by atoms with Gasteiger partial charge in [-0.05, 0) is 30.2 Å². The van der Waals surface area contributed by atoms with E-state index < -0.39 is 28.2 Å². The maximum Gasteiger partial charge on any atom is 0.408 e. The van der Waals surface area contributed by atoms with E-state index in [0.717, 1.165) is 11.8 Å². The molecule has 0 radical (unpaired) electrons. The van der Waals surface area contributed by atoms with E-state index in [2.05, 4.69) is 5.32 Å². The van der Waals surface area contributed by atoms with E-state index in [1.165, 1.54) is 12.1 Å². The number of carbonyl (C=O) groups is 2. The predicted octanol–water partition coefficient (Wildman–Crippen LogP) is 2.43. The van der Waals surface area contributed by atoms with Gasteiger partial charge in [0.15, 0.2) is 0 Å². The van der Waals surface area contributed by atoms with E-state index in [9.17, 15) is 18.0 Å². The van der Waals surface area contributed by atoms with Crippen molar-refractivity contribution in [1.29, 1.82) is 0 Å². The van der Waals surface area contributed by atoms with E-state index in [0.29, 0.717) is 5.56 Å². The Morgan fingerprint density at radius 3 is 2.34 bits per heavy atom. The Hall–Kier alpha value is -3.07. The number of hydrogen-bond acceptors (Lipinski definition) is 7. The minimum absolute atomic E-state index is 0.0555. The Morgan fingerprint density at radius 1 is 1.00 bits per heavy atom. The van der Waals surface area contributed by atoms with Gasteiger partial charge in [0.25, 0.3) is 0 Å². The van der Waals surface area contributed by atoms with Gasteiger partial charge in [-0.2, -0.15) is 8.42 Å². The van der Waals surface area contributed by atoms with Crippen LogP contribution in [0, 0.1) is 0 Å². The number of alkyl carbamates (subject to hydrolysis) is 1. The highest BCUT2D eigenvalue weighted by Crippen LogP contribution is 2.17. The van der Waals surface area contributed by atoms with Gasteiger partial charge >= 0.3 is 22.2 Å². The molecule has 2 rings (SSSR count). The summed E-state index contributed by atoms with van der Waals surface area (Å²) in [7, 11) is -3.68. The molecule has 2 aromatic rings. The quantitative estimate of drug-likeness (QED) is 0.489. The van der Waals surface area contributed by atoms with E-state index in [4.69, 9.17) is 13.7 Å². The van der Waals surface area contributed by atoms with Gasteiger partial charge < -0.3 is 19.0 Å². The molecule has 1 amide bonds. The van der Waals surface area contributed by atoms with Gasteiger partial charge in [0.05, 0.1) is 12.9 Å². The highest BCUT2D eigenvalue weighted by atomic mass is 32.2. The second-order valence-corrected chi connectivity index (χ2v) is 7.72. The lowest BCUT2D eigenvalue weighted by Crippen LogP contribution is -2.43. The van der Waals surface area contributed by atoms with Crippen LogP contribution < -0.4 is 9.50 Å². The van der Waals surface area contributed by atoms with Crippen LogP contribution in [0.1, 0.15) is 18.1 Å². The van der Waals surface area contributed by atoms with Crippen LogP contribution in [-0.2, 0) is 37.4 Å². The highest BCUT2D eigenvalue weighted by molar-refractivity contribution is 7.86. The predicted molar refractivity (Wildman–Crippen MR) is 106 cm³/mol. The van der Waals surface area contributed by atoms with Gasteiger partial charge in [-0.25, -0.2) is 9.59 Å². The smallest absolute Gasteiger partial charge is 0.408 e. The van der Waals surface area contributed by atoms with Gasteiger partial charge in [-0.1, -0.05) is 42.5 Å². The maximum atomic E-state index is 12.3. The minimum Gasteiger partial charge on any atom is -0.464 e. The summed E-state index contributed by atoms with van der Waals surface area (Å²) in [5.41, 5.74) is 1.38. The fraction of sp³-hybridized carbons (Fsp3) is 0.300. The molecule has 0 saturated heterocycles. The van der Waals surface area contributed by atoms with Crippen molar-refractivity contribution >= 4 is 22.2 Å². The molecule has 0 aromatic heterocycles. The van der Waals surface area contributed by atoms with E-state index >= 15 is 0 Å². The molecule has 8 nitrogen and oxygen atoms in total. The fourth-order valence-corrected chi connectivity index (χ4v) is 2.93. The van der Waals surface area contributed by atoms with Crippen LogP contribution in [0.15, 0.2) is 54.6 Å². The van der Waals surface area contributed by atoms with Crippen LogP contribution in [0.5, 0.6) is 5.75 Å². The highest BCUT2D eigenvalue weighted by Gasteiger charge is 2.23. The molecule has 0 spiro atoms. The third-order valence-corrected chi connectivity index (χ3v) is 4.16. The molecule has 0 bridgehead atoms. The lowest BCUT2D eigenvalue weighted by atomic mass is 10.1. The number of rotatable bonds is 9. The molecule has 0 heterocycles. The molecule has 2 aromatic carbocycles. The third kappa shape index (κ3) is 8.22. The number of ether oxygens (including phenoxy) is 2. The molecule has 1 N–H and O–H groups in total. The summed E-state index contributed by atoms with van der Waals surface area (Å²) in [6.07, 6.45) is 0.237. The average molecular weight is 421 g/mol. The van der Waals surface area contributed by atoms with Crippen molar-refractivity contribution in [3.05, 3.63) is 65.7 Å². The van der Waals surface area contributed by atoms with Gasteiger partial charge in [0.2, 0.25) is 0 Å².